The van der Waals surface area contributed by atoms with Gasteiger partial charge in [0.2, 0.25) is 5.91 Å². The molecule has 0 saturated carbocycles. The molecule has 1 N–H and O–H groups in total. The van der Waals surface area contributed by atoms with Crippen molar-refractivity contribution in [1.29, 1.82) is 0 Å². The molecule has 1 amide bonds. The van der Waals surface area contributed by atoms with Crippen LogP contribution in [0.2, 0.25) is 0 Å². The molecule has 1 saturated heterocycles. The molecule has 1 aliphatic rings. The average molecular weight is 197 g/mol. The lowest BCUT2D eigenvalue weighted by Gasteiger charge is -2.28. The highest BCUT2D eigenvalue weighted by Gasteiger charge is 2.17. The van der Waals surface area contributed by atoms with E-state index in [-0.39, 0.29) is 5.91 Å². The van der Waals surface area contributed by atoms with E-state index in [2.05, 4.69) is 5.32 Å². The fourth-order valence-corrected chi connectivity index (χ4v) is 1.26. The van der Waals surface area contributed by atoms with Crippen molar-refractivity contribution in [3.8, 4) is 0 Å². The summed E-state index contributed by atoms with van der Waals surface area (Å²) in [7, 11) is 3.45. The summed E-state index contributed by atoms with van der Waals surface area (Å²) in [6, 6.07) is 0. The Morgan fingerprint density at radius 1 is 1.64 bits per heavy atom. The van der Waals surface area contributed by atoms with Crippen LogP contribution < -0.4 is 5.32 Å². The smallest absolute Gasteiger partial charge is 0.236 e. The molecule has 0 aromatic heterocycles. The van der Waals surface area contributed by atoms with E-state index in [9.17, 15) is 9.59 Å². The van der Waals surface area contributed by atoms with Crippen LogP contribution in [-0.2, 0) is 9.59 Å². The van der Waals surface area contributed by atoms with Crippen molar-refractivity contribution >= 4 is 11.8 Å². The maximum Gasteiger partial charge on any atom is 0.236 e. The van der Waals surface area contributed by atoms with Gasteiger partial charge in [0.05, 0.1) is 6.54 Å². The van der Waals surface area contributed by atoms with E-state index >= 15 is 0 Å². The molecular weight excluding hydrogens is 182 g/mol. The number of likely N-dealkylation sites (N-methyl/N-ethyl adjacent to an activating group) is 1. The molecule has 5 heteroatoms. The van der Waals surface area contributed by atoms with Gasteiger partial charge in [-0.3, -0.25) is 9.69 Å². The maximum atomic E-state index is 11.4. The SMILES string of the molecule is CN(C)C(=O)CN1CCNC(=C=O)C1. The number of amides is 1. The Morgan fingerprint density at radius 3 is 2.93 bits per heavy atom. The second-order valence-corrected chi connectivity index (χ2v) is 3.51. The van der Waals surface area contributed by atoms with Gasteiger partial charge in [0, 0.05) is 33.7 Å². The van der Waals surface area contributed by atoms with Crippen molar-refractivity contribution in [2.45, 2.75) is 0 Å². The fourth-order valence-electron chi connectivity index (χ4n) is 1.26. The summed E-state index contributed by atoms with van der Waals surface area (Å²) in [4.78, 5) is 25.2. The first-order valence-electron chi connectivity index (χ1n) is 4.54. The molecule has 1 heterocycles. The Kier molecular flexibility index (Phi) is 3.68. The Labute approximate surface area is 83.4 Å². The third-order valence-electron chi connectivity index (χ3n) is 2.13. The number of nitrogens with zero attached hydrogens (tertiary/aromatic N) is 2. The zero-order chi connectivity index (χ0) is 10.6. The number of hydrogen-bond acceptors (Lipinski definition) is 4. The van der Waals surface area contributed by atoms with Gasteiger partial charge in [-0.15, -0.1) is 0 Å². The van der Waals surface area contributed by atoms with Crippen LogP contribution in [0.3, 0.4) is 0 Å². The maximum absolute atomic E-state index is 11.4. The highest BCUT2D eigenvalue weighted by molar-refractivity contribution is 5.77. The van der Waals surface area contributed by atoms with E-state index in [0.29, 0.717) is 25.3 Å². The summed E-state index contributed by atoms with van der Waals surface area (Å²) in [5.41, 5.74) is 0.530. The first kappa shape index (κ1) is 10.8. The standard InChI is InChI=1S/C9H15N3O2/c1-11(2)9(14)6-12-4-3-10-8(5-12)7-13/h10H,3-6H2,1-2H3. The highest BCUT2D eigenvalue weighted by Crippen LogP contribution is 1.99. The average Bonchev–Trinajstić information content (AvgIpc) is 2.18. The van der Waals surface area contributed by atoms with Gasteiger partial charge in [0.1, 0.15) is 11.6 Å². The predicted octanol–water partition coefficient (Wildman–Crippen LogP) is -1.30. The molecule has 0 aromatic carbocycles. The second-order valence-electron chi connectivity index (χ2n) is 3.51. The lowest BCUT2D eigenvalue weighted by Crippen LogP contribution is -2.46. The van der Waals surface area contributed by atoms with Crippen LogP contribution in [0.15, 0.2) is 5.70 Å². The van der Waals surface area contributed by atoms with Crippen LogP contribution in [0.1, 0.15) is 0 Å². The number of hydrogen-bond donors (Lipinski definition) is 1. The Bertz CT molecular complexity index is 269. The van der Waals surface area contributed by atoms with Gasteiger partial charge in [-0.05, 0) is 0 Å². The third-order valence-corrected chi connectivity index (χ3v) is 2.13. The molecule has 0 atom stereocenters. The molecule has 0 aliphatic carbocycles. The first-order chi connectivity index (χ1) is 6.63. The molecule has 78 valence electrons. The van der Waals surface area contributed by atoms with Crippen LogP contribution in [0, 0.1) is 0 Å². The van der Waals surface area contributed by atoms with Gasteiger partial charge in [-0.25, -0.2) is 4.79 Å². The Balaban J connectivity index is 2.45. The van der Waals surface area contributed by atoms with Crippen molar-refractivity contribution in [1.82, 2.24) is 15.1 Å². The van der Waals surface area contributed by atoms with Crippen LogP contribution in [0.4, 0.5) is 0 Å². The van der Waals surface area contributed by atoms with Crippen LogP contribution in [0.25, 0.3) is 0 Å². The Morgan fingerprint density at radius 2 is 2.36 bits per heavy atom. The van der Waals surface area contributed by atoms with E-state index in [0.717, 1.165) is 6.54 Å². The van der Waals surface area contributed by atoms with Gasteiger partial charge in [0.15, 0.2) is 0 Å². The number of carbonyl (C=O) groups excluding carboxylic acids is 2. The van der Waals surface area contributed by atoms with E-state index in [1.165, 1.54) is 0 Å². The van der Waals surface area contributed by atoms with Crippen molar-refractivity contribution in [2.24, 2.45) is 0 Å². The molecule has 1 fully saturated rings. The normalized spacial score (nSPS) is 17.1. The minimum atomic E-state index is 0.0529. The predicted molar refractivity (Wildman–Crippen MR) is 52.3 cm³/mol. The molecule has 0 spiro atoms. The van der Waals surface area contributed by atoms with Gasteiger partial charge < -0.3 is 10.2 Å². The fraction of sp³-hybridized carbons (Fsp3) is 0.667. The number of nitrogens with one attached hydrogen (secondary N) is 1. The van der Waals surface area contributed by atoms with Gasteiger partial charge >= 0.3 is 0 Å². The lowest BCUT2D eigenvalue weighted by atomic mass is 10.3. The highest BCUT2D eigenvalue weighted by atomic mass is 16.2. The topological polar surface area (TPSA) is 52.7 Å². The zero-order valence-electron chi connectivity index (χ0n) is 8.54. The van der Waals surface area contributed by atoms with Gasteiger partial charge in [0.25, 0.3) is 0 Å². The summed E-state index contributed by atoms with van der Waals surface area (Å²) in [6.45, 7) is 2.33. The van der Waals surface area contributed by atoms with Crippen LogP contribution in [0.5, 0.6) is 0 Å². The number of piperazine rings is 1. The summed E-state index contributed by atoms with van der Waals surface area (Å²) < 4.78 is 0. The molecule has 0 radical (unpaired) electrons. The van der Waals surface area contributed by atoms with E-state index in [1.54, 1.807) is 19.0 Å². The van der Waals surface area contributed by atoms with E-state index in [4.69, 9.17) is 0 Å². The molecule has 14 heavy (non-hydrogen) atoms. The molecule has 1 aliphatic heterocycles. The quantitative estimate of drug-likeness (QED) is 0.559. The molecule has 0 aromatic rings. The first-order valence-corrected chi connectivity index (χ1v) is 4.54. The summed E-state index contributed by atoms with van der Waals surface area (Å²) in [5, 5.41) is 2.93. The molecule has 1 rings (SSSR count). The number of carbonyl (C=O) groups is 1. The summed E-state index contributed by atoms with van der Waals surface area (Å²) in [6.07, 6.45) is 0. The largest absolute Gasteiger partial charge is 0.377 e. The lowest BCUT2D eigenvalue weighted by molar-refractivity contribution is -0.129. The third kappa shape index (κ3) is 2.87. The Hall–Kier alpha value is -1.32. The van der Waals surface area contributed by atoms with Crippen LogP contribution in [-0.4, -0.2) is 61.9 Å². The van der Waals surface area contributed by atoms with Crippen LogP contribution >= 0.6 is 0 Å². The van der Waals surface area contributed by atoms with Crippen molar-refractivity contribution in [3.63, 3.8) is 0 Å². The van der Waals surface area contributed by atoms with Gasteiger partial charge in [-0.2, -0.15) is 0 Å². The number of rotatable bonds is 2. The van der Waals surface area contributed by atoms with Gasteiger partial charge in [-0.1, -0.05) is 0 Å². The summed E-state index contributed by atoms with van der Waals surface area (Å²) in [5.74, 6) is 1.88. The van der Waals surface area contributed by atoms with E-state index < -0.39 is 0 Å². The molecule has 0 bridgehead atoms. The monoisotopic (exact) mass is 197 g/mol. The minimum Gasteiger partial charge on any atom is -0.377 e. The molecule has 5 nitrogen and oxygen atoms in total. The molecule has 0 unspecified atom stereocenters. The van der Waals surface area contributed by atoms with Crippen molar-refractivity contribution < 1.29 is 9.59 Å². The summed E-state index contributed by atoms with van der Waals surface area (Å²) >= 11 is 0. The molecular formula is C9H15N3O2. The zero-order valence-corrected chi connectivity index (χ0v) is 8.54. The van der Waals surface area contributed by atoms with E-state index in [1.807, 2.05) is 10.8 Å². The van der Waals surface area contributed by atoms with Crippen molar-refractivity contribution in [2.75, 3.05) is 40.3 Å². The van der Waals surface area contributed by atoms with Crippen molar-refractivity contribution in [3.05, 3.63) is 5.70 Å². The minimum absolute atomic E-state index is 0.0529. The second kappa shape index (κ2) is 4.79.